The SMILES string of the molecule is CCC1CCCC(C#N)(NCCN=[N+]=[N-])CC1. The van der Waals surface area contributed by atoms with Gasteiger partial charge in [-0.3, -0.25) is 5.32 Å². The van der Waals surface area contributed by atoms with Crippen LogP contribution in [0.1, 0.15) is 45.4 Å². The third kappa shape index (κ3) is 4.26. The molecule has 17 heavy (non-hydrogen) atoms. The van der Waals surface area contributed by atoms with E-state index in [2.05, 4.69) is 28.3 Å². The molecule has 1 aliphatic rings. The summed E-state index contributed by atoms with van der Waals surface area (Å²) < 4.78 is 0. The maximum Gasteiger partial charge on any atom is 0.106 e. The van der Waals surface area contributed by atoms with Crippen molar-refractivity contribution >= 4 is 0 Å². The van der Waals surface area contributed by atoms with Crippen LogP contribution in [0.4, 0.5) is 0 Å². The minimum Gasteiger partial charge on any atom is -0.299 e. The summed E-state index contributed by atoms with van der Waals surface area (Å²) in [5.41, 5.74) is 7.81. The van der Waals surface area contributed by atoms with Crippen LogP contribution in [0.3, 0.4) is 0 Å². The molecule has 0 radical (unpaired) electrons. The predicted octanol–water partition coefficient (Wildman–Crippen LogP) is 3.14. The van der Waals surface area contributed by atoms with E-state index < -0.39 is 5.54 Å². The van der Waals surface area contributed by atoms with Gasteiger partial charge < -0.3 is 0 Å². The van der Waals surface area contributed by atoms with Gasteiger partial charge in [-0.15, -0.1) is 0 Å². The van der Waals surface area contributed by atoms with Gasteiger partial charge in [-0.05, 0) is 30.7 Å². The largest absolute Gasteiger partial charge is 0.299 e. The van der Waals surface area contributed by atoms with E-state index in [9.17, 15) is 5.26 Å². The van der Waals surface area contributed by atoms with Gasteiger partial charge in [0, 0.05) is 18.0 Å². The van der Waals surface area contributed by atoms with Crippen LogP contribution in [0.25, 0.3) is 10.4 Å². The summed E-state index contributed by atoms with van der Waals surface area (Å²) in [6.45, 7) is 3.23. The maximum atomic E-state index is 9.37. The summed E-state index contributed by atoms with van der Waals surface area (Å²) >= 11 is 0. The fraction of sp³-hybridized carbons (Fsp3) is 0.917. The van der Waals surface area contributed by atoms with Crippen molar-refractivity contribution < 1.29 is 0 Å². The molecule has 0 aromatic rings. The Morgan fingerprint density at radius 1 is 1.53 bits per heavy atom. The number of nitrogens with zero attached hydrogens (tertiary/aromatic N) is 4. The summed E-state index contributed by atoms with van der Waals surface area (Å²) in [5.74, 6) is 0.768. The van der Waals surface area contributed by atoms with Crippen molar-refractivity contribution in [3.8, 4) is 6.07 Å². The molecule has 0 bridgehead atoms. The highest BCUT2D eigenvalue weighted by molar-refractivity contribution is 5.08. The molecule has 0 heterocycles. The van der Waals surface area contributed by atoms with E-state index in [1.54, 1.807) is 0 Å². The van der Waals surface area contributed by atoms with Crippen molar-refractivity contribution in [1.82, 2.24) is 5.32 Å². The van der Waals surface area contributed by atoms with Crippen molar-refractivity contribution in [2.45, 2.75) is 51.0 Å². The van der Waals surface area contributed by atoms with Crippen molar-refractivity contribution in [3.63, 3.8) is 0 Å². The van der Waals surface area contributed by atoms with Crippen LogP contribution in [0.15, 0.2) is 5.11 Å². The third-order valence-electron chi connectivity index (χ3n) is 3.73. The second-order valence-electron chi connectivity index (χ2n) is 4.78. The smallest absolute Gasteiger partial charge is 0.106 e. The van der Waals surface area contributed by atoms with E-state index in [1.807, 2.05) is 0 Å². The van der Waals surface area contributed by atoms with Gasteiger partial charge in [-0.25, -0.2) is 0 Å². The predicted molar refractivity (Wildman–Crippen MR) is 67.2 cm³/mol. The first-order chi connectivity index (χ1) is 8.26. The van der Waals surface area contributed by atoms with E-state index in [-0.39, 0.29) is 0 Å². The molecule has 2 atom stereocenters. The van der Waals surface area contributed by atoms with Crippen molar-refractivity contribution in [1.29, 1.82) is 5.26 Å². The lowest BCUT2D eigenvalue weighted by molar-refractivity contribution is 0.360. The molecule has 1 saturated carbocycles. The third-order valence-corrected chi connectivity index (χ3v) is 3.73. The highest BCUT2D eigenvalue weighted by Gasteiger charge is 2.32. The number of rotatable bonds is 5. The van der Waals surface area contributed by atoms with E-state index in [4.69, 9.17) is 5.53 Å². The first kappa shape index (κ1) is 13.8. The minimum atomic E-state index is -0.394. The molecule has 0 spiro atoms. The van der Waals surface area contributed by atoms with Gasteiger partial charge in [0.1, 0.15) is 5.54 Å². The van der Waals surface area contributed by atoms with Gasteiger partial charge in [0.25, 0.3) is 0 Å². The molecule has 1 rings (SSSR count). The molecule has 0 aromatic carbocycles. The van der Waals surface area contributed by atoms with Crippen molar-refractivity contribution in [2.24, 2.45) is 11.0 Å². The quantitative estimate of drug-likeness (QED) is 0.261. The number of nitriles is 1. The number of hydrogen-bond acceptors (Lipinski definition) is 3. The molecular weight excluding hydrogens is 214 g/mol. The lowest BCUT2D eigenvalue weighted by Gasteiger charge is -2.26. The zero-order chi connectivity index (χ0) is 12.6. The number of azide groups is 1. The molecule has 1 fully saturated rings. The second kappa shape index (κ2) is 7.16. The molecule has 2 unspecified atom stereocenters. The summed E-state index contributed by atoms with van der Waals surface area (Å²) in [4.78, 5) is 2.71. The first-order valence-electron chi connectivity index (χ1n) is 6.43. The fourth-order valence-corrected chi connectivity index (χ4v) is 2.54. The van der Waals surface area contributed by atoms with Gasteiger partial charge >= 0.3 is 0 Å². The zero-order valence-corrected chi connectivity index (χ0v) is 10.5. The molecule has 0 amide bonds. The molecule has 1 aliphatic carbocycles. The lowest BCUT2D eigenvalue weighted by Crippen LogP contribution is -2.44. The zero-order valence-electron chi connectivity index (χ0n) is 10.5. The summed E-state index contributed by atoms with van der Waals surface area (Å²) in [5, 5.41) is 16.1. The van der Waals surface area contributed by atoms with Gasteiger partial charge in [-0.2, -0.15) is 5.26 Å². The standard InChI is InChI=1S/C12H21N5/c1-2-11-4-3-6-12(10-13,7-5-11)15-8-9-16-17-14/h11,15H,2-9H2,1H3. The Hall–Kier alpha value is -1.24. The average molecular weight is 235 g/mol. The van der Waals surface area contributed by atoms with Crippen LogP contribution >= 0.6 is 0 Å². The van der Waals surface area contributed by atoms with Crippen molar-refractivity contribution in [2.75, 3.05) is 13.1 Å². The Labute approximate surface area is 103 Å². The molecule has 5 nitrogen and oxygen atoms in total. The molecular formula is C12H21N5. The van der Waals surface area contributed by atoms with Gasteiger partial charge in [0.15, 0.2) is 0 Å². The van der Waals surface area contributed by atoms with E-state index in [0.717, 1.165) is 31.6 Å². The average Bonchev–Trinajstić information content (AvgIpc) is 2.58. The fourth-order valence-electron chi connectivity index (χ4n) is 2.54. The van der Waals surface area contributed by atoms with Gasteiger partial charge in [0.2, 0.25) is 0 Å². The Morgan fingerprint density at radius 2 is 2.35 bits per heavy atom. The molecule has 1 N–H and O–H groups in total. The monoisotopic (exact) mass is 235 g/mol. The summed E-state index contributed by atoms with van der Waals surface area (Å²) in [6, 6.07) is 2.43. The Kier molecular flexibility index (Phi) is 5.82. The van der Waals surface area contributed by atoms with E-state index in [0.29, 0.717) is 13.1 Å². The lowest BCUT2D eigenvalue weighted by atomic mass is 9.91. The van der Waals surface area contributed by atoms with Crippen LogP contribution in [-0.2, 0) is 0 Å². The summed E-state index contributed by atoms with van der Waals surface area (Å²) in [7, 11) is 0. The highest BCUT2D eigenvalue weighted by atomic mass is 15.1. The molecule has 0 saturated heterocycles. The first-order valence-corrected chi connectivity index (χ1v) is 6.43. The van der Waals surface area contributed by atoms with Gasteiger partial charge in [-0.1, -0.05) is 31.3 Å². The Morgan fingerprint density at radius 3 is 3.00 bits per heavy atom. The highest BCUT2D eigenvalue weighted by Crippen LogP contribution is 2.31. The van der Waals surface area contributed by atoms with Crippen LogP contribution in [-0.4, -0.2) is 18.6 Å². The summed E-state index contributed by atoms with van der Waals surface area (Å²) in [6.07, 6.45) is 6.51. The van der Waals surface area contributed by atoms with E-state index in [1.165, 1.54) is 12.8 Å². The number of nitrogens with one attached hydrogen (secondary N) is 1. The Balaban J connectivity index is 2.50. The Bertz CT molecular complexity index is 315. The van der Waals surface area contributed by atoms with Crippen LogP contribution in [0.2, 0.25) is 0 Å². The van der Waals surface area contributed by atoms with E-state index >= 15 is 0 Å². The second-order valence-corrected chi connectivity index (χ2v) is 4.78. The molecule has 0 aliphatic heterocycles. The topological polar surface area (TPSA) is 84.6 Å². The molecule has 94 valence electrons. The minimum absolute atomic E-state index is 0.394. The normalized spacial score (nSPS) is 28.8. The molecule has 5 heteroatoms. The van der Waals surface area contributed by atoms with Gasteiger partial charge in [0.05, 0.1) is 6.07 Å². The maximum absolute atomic E-state index is 9.37. The molecule has 0 aromatic heterocycles. The van der Waals surface area contributed by atoms with Crippen molar-refractivity contribution in [3.05, 3.63) is 10.4 Å². The van der Waals surface area contributed by atoms with Crippen LogP contribution in [0.5, 0.6) is 0 Å². The van der Waals surface area contributed by atoms with Crippen LogP contribution in [0, 0.1) is 17.2 Å². The van der Waals surface area contributed by atoms with Crippen LogP contribution < -0.4 is 5.32 Å². The number of hydrogen-bond donors (Lipinski definition) is 1.